The molecule has 5 heterocycles. The molecule has 7 heteroatoms. The number of hydrogen-bond acceptors (Lipinski definition) is 4. The third-order valence-electron chi connectivity index (χ3n) is 16.7. The molecule has 0 N–H and O–H groups in total. The van der Waals surface area contributed by atoms with Crippen LogP contribution in [0.15, 0.2) is 261 Å². The SMILES string of the molecule is CC(C)(C)c1ccnc(-n2c3[c-]c(N(c4[c-]c(N5[CH-]N(c6c(-c7ccccc7)cccc6-c6ccccc6)c6ccccc65)ccc4)c4ccccc4)ccc3c3c4c(ccc32)-n2c3ccccc3c3cccc(c32)-c2ccccc2-4)c1.[Pt]. The van der Waals surface area contributed by atoms with Crippen molar-refractivity contribution in [2.24, 2.45) is 0 Å². The fourth-order valence-corrected chi connectivity index (χ4v) is 13.0. The minimum atomic E-state index is -0.112. The molecular weight excluding hydrogens is 1190 g/mol. The minimum absolute atomic E-state index is 0. The average Bonchev–Trinajstić information content (AvgIpc) is 2.91. The van der Waals surface area contributed by atoms with Crippen molar-refractivity contribution in [2.45, 2.75) is 26.2 Å². The second-order valence-electron chi connectivity index (χ2n) is 22.4. The molecule has 0 bridgehead atoms. The van der Waals surface area contributed by atoms with E-state index in [1.54, 1.807) is 0 Å². The van der Waals surface area contributed by atoms with Gasteiger partial charge in [-0.3, -0.25) is 0 Å². The van der Waals surface area contributed by atoms with Crippen LogP contribution in [-0.4, -0.2) is 14.1 Å². The molecule has 0 saturated carbocycles. The largest absolute Gasteiger partial charge is 0.493 e. The molecule has 2 aliphatic heterocycles. The van der Waals surface area contributed by atoms with E-state index in [1.165, 1.54) is 49.6 Å². The standard InChI is InChI=1S/C76H53N6.Pt/c1-76(2,3)52-44-45-77-71(46-52)81-68-42-43-69-72(61-32-14-13-30-59(61)62-35-21-36-63-60-31-15-16-37-65(60)82(69)75(62)63)73(68)64-41-40-56(48-70(64)81)80(53-26-11-6-12-27-53)55-29-19-28-54(47-55)78-49-79(67-39-18-17-38-66(67)78)74-57(50-22-7-4-8-23-50)33-20-34-58(74)51-24-9-5-10-25-51;/h4-46,49H,1-3H3;/q-3;. The molecule has 16 rings (SSSR count). The zero-order chi connectivity index (χ0) is 54.6. The molecule has 0 unspecified atom stereocenters. The van der Waals surface area contributed by atoms with Gasteiger partial charge in [0.25, 0.3) is 0 Å². The molecule has 0 aliphatic carbocycles. The Hall–Kier alpha value is -9.74. The maximum absolute atomic E-state index is 5.21. The number of pyridine rings is 1. The van der Waals surface area contributed by atoms with Crippen molar-refractivity contribution in [3.8, 4) is 56.0 Å². The minimum Gasteiger partial charge on any atom is -0.493 e. The second-order valence-corrected chi connectivity index (χ2v) is 22.4. The molecule has 0 radical (unpaired) electrons. The van der Waals surface area contributed by atoms with Crippen LogP contribution in [0.4, 0.5) is 39.8 Å². The summed E-state index contributed by atoms with van der Waals surface area (Å²) in [5.74, 6) is 0.844. The summed E-state index contributed by atoms with van der Waals surface area (Å²) >= 11 is 0. The van der Waals surface area contributed by atoms with E-state index in [9.17, 15) is 0 Å². The van der Waals surface area contributed by atoms with Crippen LogP contribution < -0.4 is 14.7 Å². The number of anilines is 7. The van der Waals surface area contributed by atoms with E-state index in [1.807, 2.05) is 6.20 Å². The Bertz CT molecular complexity index is 4790. The smallest absolute Gasteiger partial charge is 0.135 e. The van der Waals surface area contributed by atoms with Crippen molar-refractivity contribution >= 4 is 83.4 Å². The normalized spacial score (nSPS) is 12.6. The summed E-state index contributed by atoms with van der Waals surface area (Å²) < 4.78 is 4.85. The fourth-order valence-electron chi connectivity index (χ4n) is 13.0. The Morgan fingerprint density at radius 1 is 0.446 bits per heavy atom. The average molecular weight is 1250 g/mol. The van der Waals surface area contributed by atoms with Crippen LogP contribution >= 0.6 is 0 Å². The van der Waals surface area contributed by atoms with Crippen LogP contribution in [0.1, 0.15) is 26.3 Å². The van der Waals surface area contributed by atoms with Crippen LogP contribution in [0, 0.1) is 18.8 Å². The molecule has 400 valence electrons. The summed E-state index contributed by atoms with van der Waals surface area (Å²) in [6.07, 6.45) is 1.96. The number of rotatable bonds is 8. The molecule has 6 nitrogen and oxygen atoms in total. The summed E-state index contributed by atoms with van der Waals surface area (Å²) in [4.78, 5) is 12.1. The van der Waals surface area contributed by atoms with Crippen molar-refractivity contribution in [2.75, 3.05) is 14.7 Å². The van der Waals surface area contributed by atoms with Crippen LogP contribution in [-0.2, 0) is 26.5 Å². The van der Waals surface area contributed by atoms with Gasteiger partial charge in [-0.05, 0) is 93.2 Å². The van der Waals surface area contributed by atoms with Gasteiger partial charge in [-0.15, -0.1) is 48.1 Å². The molecule has 2 aliphatic rings. The molecule has 3 aromatic heterocycles. The second kappa shape index (κ2) is 19.8. The molecule has 0 amide bonds. The third-order valence-corrected chi connectivity index (χ3v) is 16.7. The predicted molar refractivity (Wildman–Crippen MR) is 341 cm³/mol. The summed E-state index contributed by atoms with van der Waals surface area (Å²) in [6, 6.07) is 100. The number of fused-ring (bicyclic) bond motifs is 13. The number of nitrogens with zero attached hydrogens (tertiary/aromatic N) is 6. The van der Waals surface area contributed by atoms with Crippen molar-refractivity contribution in [1.29, 1.82) is 0 Å². The van der Waals surface area contributed by atoms with Crippen LogP contribution in [0.25, 0.3) is 99.6 Å². The summed E-state index contributed by atoms with van der Waals surface area (Å²) in [5, 5.41) is 4.73. The van der Waals surface area contributed by atoms with Gasteiger partial charge >= 0.3 is 0 Å². The zero-order valence-electron chi connectivity index (χ0n) is 45.9. The summed E-state index contributed by atoms with van der Waals surface area (Å²) in [5.41, 5.74) is 22.9. The fraction of sp³-hybridized carbons (Fsp3) is 0.0526. The first-order chi connectivity index (χ1) is 40.4. The quantitative estimate of drug-likeness (QED) is 0.142. The predicted octanol–water partition coefficient (Wildman–Crippen LogP) is 20.0. The van der Waals surface area contributed by atoms with E-state index in [0.29, 0.717) is 0 Å². The van der Waals surface area contributed by atoms with E-state index in [-0.39, 0.29) is 26.5 Å². The monoisotopic (exact) mass is 1240 g/mol. The van der Waals surface area contributed by atoms with Crippen LogP contribution in [0.3, 0.4) is 0 Å². The van der Waals surface area contributed by atoms with Gasteiger partial charge in [0, 0.05) is 88.6 Å². The van der Waals surface area contributed by atoms with Gasteiger partial charge < -0.3 is 23.8 Å². The van der Waals surface area contributed by atoms with Gasteiger partial charge in [0.2, 0.25) is 0 Å². The van der Waals surface area contributed by atoms with Crippen LogP contribution in [0.2, 0.25) is 0 Å². The number of hydrogen-bond donors (Lipinski definition) is 0. The van der Waals surface area contributed by atoms with E-state index < -0.39 is 0 Å². The molecule has 0 saturated heterocycles. The molecule has 0 spiro atoms. The van der Waals surface area contributed by atoms with E-state index in [2.05, 4.69) is 318 Å². The third kappa shape index (κ3) is 7.99. The topological polar surface area (TPSA) is 32.5 Å². The van der Waals surface area contributed by atoms with Gasteiger partial charge in [-0.1, -0.05) is 208 Å². The number of benzene rings is 11. The Labute approximate surface area is 497 Å². The summed E-state index contributed by atoms with van der Waals surface area (Å²) in [6.45, 7) is 9.03. The van der Waals surface area contributed by atoms with Crippen LogP contribution in [0.5, 0.6) is 0 Å². The first kappa shape index (κ1) is 50.2. The molecule has 14 aromatic rings. The van der Waals surface area contributed by atoms with Gasteiger partial charge in [0.15, 0.2) is 0 Å². The number of aromatic nitrogens is 3. The van der Waals surface area contributed by atoms with E-state index >= 15 is 0 Å². The molecule has 0 fully saturated rings. The molecule has 11 aromatic carbocycles. The van der Waals surface area contributed by atoms with Crippen molar-refractivity contribution in [3.63, 3.8) is 0 Å². The Kier molecular flexibility index (Phi) is 12.0. The van der Waals surface area contributed by atoms with Gasteiger partial charge in [-0.2, -0.15) is 12.1 Å². The van der Waals surface area contributed by atoms with Gasteiger partial charge in [-0.25, -0.2) is 4.98 Å². The maximum Gasteiger partial charge on any atom is 0.135 e. The molecular formula is C76H53N6Pt-3. The van der Waals surface area contributed by atoms with Gasteiger partial charge in [0.1, 0.15) is 5.82 Å². The zero-order valence-corrected chi connectivity index (χ0v) is 48.2. The molecule has 83 heavy (non-hydrogen) atoms. The first-order valence-corrected chi connectivity index (χ1v) is 28.1. The summed E-state index contributed by atoms with van der Waals surface area (Å²) in [7, 11) is 0. The van der Waals surface area contributed by atoms with Gasteiger partial charge in [0.05, 0.1) is 16.7 Å². The molecule has 0 atom stereocenters. The van der Waals surface area contributed by atoms with Crippen molar-refractivity contribution < 1.29 is 21.1 Å². The number of para-hydroxylation sites is 6. The maximum atomic E-state index is 5.21. The first-order valence-electron chi connectivity index (χ1n) is 28.1. The van der Waals surface area contributed by atoms with E-state index in [4.69, 9.17) is 4.98 Å². The van der Waals surface area contributed by atoms with Crippen molar-refractivity contribution in [3.05, 3.63) is 285 Å². The Morgan fingerprint density at radius 3 is 1.80 bits per heavy atom. The Balaban J connectivity index is 0.00000588. The van der Waals surface area contributed by atoms with Crippen molar-refractivity contribution in [1.82, 2.24) is 14.1 Å². The Morgan fingerprint density at radius 2 is 1.05 bits per heavy atom. The van der Waals surface area contributed by atoms with E-state index in [0.717, 1.165) is 95.4 Å².